The quantitative estimate of drug-likeness (QED) is 0.759. The molecule has 1 atom stereocenters. The molecule has 1 unspecified atom stereocenters. The van der Waals surface area contributed by atoms with E-state index in [-0.39, 0.29) is 11.4 Å². The first-order valence-corrected chi connectivity index (χ1v) is 5.52. The Hall–Kier alpha value is -0.480. The van der Waals surface area contributed by atoms with Crippen LogP contribution in [0.2, 0.25) is 0 Å². The van der Waals surface area contributed by atoms with Gasteiger partial charge in [0.2, 0.25) is 0 Å². The molecule has 0 aromatic carbocycles. The minimum absolute atomic E-state index is 0.0494. The highest BCUT2D eigenvalue weighted by molar-refractivity contribution is 8.00. The molecule has 2 rings (SSSR count). The van der Waals surface area contributed by atoms with Crippen LogP contribution < -0.4 is 0 Å². The zero-order chi connectivity index (χ0) is 9.31. The molecule has 0 amide bonds. The fourth-order valence-corrected chi connectivity index (χ4v) is 2.94. The lowest BCUT2D eigenvalue weighted by Gasteiger charge is -2.19. The zero-order valence-electron chi connectivity index (χ0n) is 7.71. The van der Waals surface area contributed by atoms with Crippen molar-refractivity contribution in [3.05, 3.63) is 17.7 Å². The van der Waals surface area contributed by atoms with Gasteiger partial charge in [0.15, 0.2) is 0 Å². The van der Waals surface area contributed by atoms with E-state index in [0.717, 1.165) is 11.5 Å². The predicted molar refractivity (Wildman–Crippen MR) is 53.6 cm³/mol. The third kappa shape index (κ3) is 1.60. The summed E-state index contributed by atoms with van der Waals surface area (Å²) in [7, 11) is 0. The molecule has 1 fully saturated rings. The van der Waals surface area contributed by atoms with Gasteiger partial charge in [-0.15, -0.1) is 11.8 Å². The SMILES string of the molecule is CC1(c2ncc(CO)[nH]2)CCCS1. The van der Waals surface area contributed by atoms with Crippen molar-refractivity contribution in [2.75, 3.05) is 5.75 Å². The predicted octanol–water partition coefficient (Wildman–Crippen LogP) is 1.64. The number of aliphatic hydroxyl groups excluding tert-OH is 1. The Morgan fingerprint density at radius 3 is 3.15 bits per heavy atom. The summed E-state index contributed by atoms with van der Waals surface area (Å²) in [5.74, 6) is 2.23. The highest BCUT2D eigenvalue weighted by atomic mass is 32.2. The normalized spacial score (nSPS) is 28.2. The Morgan fingerprint density at radius 1 is 1.77 bits per heavy atom. The van der Waals surface area contributed by atoms with Gasteiger partial charge in [0.25, 0.3) is 0 Å². The highest BCUT2D eigenvalue weighted by Gasteiger charge is 2.33. The molecule has 2 heterocycles. The molecular formula is C9H14N2OS. The van der Waals surface area contributed by atoms with E-state index >= 15 is 0 Å². The van der Waals surface area contributed by atoms with Crippen molar-refractivity contribution < 1.29 is 5.11 Å². The van der Waals surface area contributed by atoms with Gasteiger partial charge in [0, 0.05) is 0 Å². The number of nitrogens with zero attached hydrogens (tertiary/aromatic N) is 1. The van der Waals surface area contributed by atoms with Crippen LogP contribution in [0.15, 0.2) is 6.20 Å². The van der Waals surface area contributed by atoms with E-state index in [1.54, 1.807) is 6.20 Å². The minimum Gasteiger partial charge on any atom is -0.390 e. The molecular weight excluding hydrogens is 184 g/mol. The fourth-order valence-electron chi connectivity index (χ4n) is 1.67. The molecule has 4 heteroatoms. The number of aliphatic hydroxyl groups is 1. The Bertz CT molecular complexity index is 292. The number of hydrogen-bond donors (Lipinski definition) is 2. The molecule has 1 saturated heterocycles. The summed E-state index contributed by atoms with van der Waals surface area (Å²) in [6.45, 7) is 2.26. The lowest BCUT2D eigenvalue weighted by atomic mass is 10.1. The number of thioether (sulfide) groups is 1. The van der Waals surface area contributed by atoms with Crippen molar-refractivity contribution in [2.24, 2.45) is 0 Å². The van der Waals surface area contributed by atoms with Crippen LogP contribution >= 0.6 is 11.8 Å². The van der Waals surface area contributed by atoms with Gasteiger partial charge in [-0.1, -0.05) is 0 Å². The molecule has 72 valence electrons. The number of nitrogens with one attached hydrogen (secondary N) is 1. The first kappa shape index (κ1) is 9.09. The van der Waals surface area contributed by atoms with Crippen LogP contribution in [0.3, 0.4) is 0 Å². The first-order valence-electron chi connectivity index (χ1n) is 4.54. The Balaban J connectivity index is 2.23. The van der Waals surface area contributed by atoms with E-state index in [1.165, 1.54) is 18.6 Å². The molecule has 1 aromatic heterocycles. The topological polar surface area (TPSA) is 48.9 Å². The van der Waals surface area contributed by atoms with Gasteiger partial charge >= 0.3 is 0 Å². The Labute approximate surface area is 82.0 Å². The summed E-state index contributed by atoms with van der Waals surface area (Å²) >= 11 is 1.95. The van der Waals surface area contributed by atoms with E-state index in [2.05, 4.69) is 16.9 Å². The lowest BCUT2D eigenvalue weighted by Crippen LogP contribution is -2.14. The largest absolute Gasteiger partial charge is 0.390 e. The van der Waals surface area contributed by atoms with Crippen molar-refractivity contribution in [1.29, 1.82) is 0 Å². The molecule has 1 aliphatic heterocycles. The van der Waals surface area contributed by atoms with Crippen LogP contribution in [0.25, 0.3) is 0 Å². The molecule has 0 spiro atoms. The van der Waals surface area contributed by atoms with Crippen molar-refractivity contribution in [2.45, 2.75) is 31.1 Å². The number of hydrogen-bond acceptors (Lipinski definition) is 3. The van der Waals surface area contributed by atoms with Crippen molar-refractivity contribution in [3.63, 3.8) is 0 Å². The van der Waals surface area contributed by atoms with E-state index in [0.29, 0.717) is 0 Å². The van der Waals surface area contributed by atoms with Crippen molar-refractivity contribution in [1.82, 2.24) is 9.97 Å². The van der Waals surface area contributed by atoms with E-state index in [1.807, 2.05) is 11.8 Å². The second kappa shape index (κ2) is 3.35. The Morgan fingerprint density at radius 2 is 2.62 bits per heavy atom. The van der Waals surface area contributed by atoms with Gasteiger partial charge in [-0.05, 0) is 25.5 Å². The van der Waals surface area contributed by atoms with Gasteiger partial charge in [0.05, 0.1) is 23.2 Å². The standard InChI is InChI=1S/C9H14N2OS/c1-9(3-2-4-13-9)8-10-5-7(6-12)11-8/h5,12H,2-4,6H2,1H3,(H,10,11). The third-order valence-corrected chi connectivity index (χ3v) is 4.05. The summed E-state index contributed by atoms with van der Waals surface area (Å²) in [6, 6.07) is 0. The number of rotatable bonds is 2. The first-order chi connectivity index (χ1) is 6.24. The monoisotopic (exact) mass is 198 g/mol. The third-order valence-electron chi connectivity index (χ3n) is 2.52. The van der Waals surface area contributed by atoms with Crippen LogP contribution in [0.4, 0.5) is 0 Å². The maximum absolute atomic E-state index is 8.90. The fraction of sp³-hybridized carbons (Fsp3) is 0.667. The van der Waals surface area contributed by atoms with Crippen LogP contribution in [-0.2, 0) is 11.4 Å². The highest BCUT2D eigenvalue weighted by Crippen LogP contribution is 2.44. The summed E-state index contributed by atoms with van der Waals surface area (Å²) < 4.78 is 0.146. The maximum atomic E-state index is 8.90. The van der Waals surface area contributed by atoms with E-state index < -0.39 is 0 Å². The molecule has 3 nitrogen and oxygen atoms in total. The minimum atomic E-state index is 0.0494. The number of imidazole rings is 1. The van der Waals surface area contributed by atoms with Crippen molar-refractivity contribution in [3.8, 4) is 0 Å². The van der Waals surface area contributed by atoms with Crippen molar-refractivity contribution >= 4 is 11.8 Å². The second-order valence-corrected chi connectivity index (χ2v) is 5.20. The van der Waals surface area contributed by atoms with Crippen LogP contribution in [0.1, 0.15) is 31.3 Å². The Kier molecular flexibility index (Phi) is 2.34. The number of aromatic amines is 1. The summed E-state index contributed by atoms with van der Waals surface area (Å²) in [4.78, 5) is 7.47. The van der Waals surface area contributed by atoms with Gasteiger partial charge in [-0.3, -0.25) is 0 Å². The second-order valence-electron chi connectivity index (χ2n) is 3.60. The zero-order valence-corrected chi connectivity index (χ0v) is 8.52. The molecule has 0 radical (unpaired) electrons. The summed E-state index contributed by atoms with van der Waals surface area (Å²) in [5, 5.41) is 8.90. The lowest BCUT2D eigenvalue weighted by molar-refractivity contribution is 0.277. The van der Waals surface area contributed by atoms with Crippen LogP contribution in [0.5, 0.6) is 0 Å². The average molecular weight is 198 g/mol. The molecule has 1 aromatic rings. The number of H-pyrrole nitrogens is 1. The maximum Gasteiger partial charge on any atom is 0.122 e. The molecule has 0 bridgehead atoms. The summed E-state index contributed by atoms with van der Waals surface area (Å²) in [5.41, 5.74) is 0.809. The molecule has 0 saturated carbocycles. The van der Waals surface area contributed by atoms with Crippen LogP contribution in [-0.4, -0.2) is 20.8 Å². The molecule has 0 aliphatic carbocycles. The van der Waals surface area contributed by atoms with Gasteiger partial charge < -0.3 is 10.1 Å². The molecule has 13 heavy (non-hydrogen) atoms. The van der Waals surface area contributed by atoms with Crippen LogP contribution in [0, 0.1) is 0 Å². The van der Waals surface area contributed by atoms with Gasteiger partial charge in [0.1, 0.15) is 5.82 Å². The summed E-state index contributed by atoms with van der Waals surface area (Å²) in [6.07, 6.45) is 4.16. The number of aromatic nitrogens is 2. The van der Waals surface area contributed by atoms with Gasteiger partial charge in [-0.25, -0.2) is 4.98 Å². The van der Waals surface area contributed by atoms with E-state index in [4.69, 9.17) is 5.11 Å². The molecule has 2 N–H and O–H groups in total. The van der Waals surface area contributed by atoms with Gasteiger partial charge in [-0.2, -0.15) is 0 Å². The molecule has 1 aliphatic rings. The average Bonchev–Trinajstić information content (AvgIpc) is 2.72. The smallest absolute Gasteiger partial charge is 0.122 e. The van der Waals surface area contributed by atoms with E-state index in [9.17, 15) is 0 Å².